The molecule has 2 rings (SSSR count). The molecule has 0 amide bonds. The second-order valence-corrected chi connectivity index (χ2v) is 1.78. The zero-order chi connectivity index (χ0) is 5.40. The molecule has 0 atom stereocenters. The second-order valence-electron chi connectivity index (χ2n) is 1.78. The summed E-state index contributed by atoms with van der Waals surface area (Å²) in [6.45, 7) is 0. The summed E-state index contributed by atoms with van der Waals surface area (Å²) >= 11 is 0. The van der Waals surface area contributed by atoms with Crippen molar-refractivity contribution in [3.63, 3.8) is 0 Å². The molecule has 0 unspecified atom stereocenters. The van der Waals surface area contributed by atoms with Crippen LogP contribution in [-0.4, -0.2) is 4.57 Å². The Morgan fingerprint density at radius 2 is 2.50 bits per heavy atom. The second kappa shape index (κ2) is 1.15. The fraction of sp³-hybridized carbons (Fsp3) is 0. The van der Waals surface area contributed by atoms with Gasteiger partial charge in [-0.2, -0.15) is 0 Å². The predicted octanol–water partition coefficient (Wildman–Crippen LogP) is 1.58. The van der Waals surface area contributed by atoms with Crippen LogP contribution in [0.3, 0.4) is 0 Å². The van der Waals surface area contributed by atoms with E-state index in [-0.39, 0.29) is 0 Å². The Labute approximate surface area is 47.6 Å². The van der Waals surface area contributed by atoms with Crippen LogP contribution in [-0.2, 0) is 0 Å². The van der Waals surface area contributed by atoms with Crippen molar-refractivity contribution in [3.05, 3.63) is 29.8 Å². The monoisotopic (exact) mass is 103 g/mol. The van der Waals surface area contributed by atoms with E-state index >= 15 is 0 Å². The van der Waals surface area contributed by atoms with Crippen LogP contribution in [0.5, 0.6) is 0 Å². The van der Waals surface area contributed by atoms with Gasteiger partial charge in [-0.3, -0.25) is 0 Å². The summed E-state index contributed by atoms with van der Waals surface area (Å²) in [6.07, 6.45) is 5.88. The van der Waals surface area contributed by atoms with Crippen molar-refractivity contribution in [2.24, 2.45) is 0 Å². The summed E-state index contributed by atoms with van der Waals surface area (Å²) in [7, 11) is 0. The van der Waals surface area contributed by atoms with E-state index in [9.17, 15) is 0 Å². The molecule has 2 heterocycles. The standard InChI is InChI=1S/C7H5N/c1-3-7-4-2-6-8(7)5-1/h1,3-6H. The van der Waals surface area contributed by atoms with Gasteiger partial charge in [0.15, 0.2) is 0 Å². The van der Waals surface area contributed by atoms with Crippen molar-refractivity contribution in [2.45, 2.75) is 0 Å². The molecule has 1 aromatic heterocycles. The molecule has 0 N–H and O–H groups in total. The van der Waals surface area contributed by atoms with Gasteiger partial charge < -0.3 is 4.57 Å². The Morgan fingerprint density at radius 1 is 1.50 bits per heavy atom. The maximum Gasteiger partial charge on any atom is 0.0533 e. The molecule has 0 radical (unpaired) electrons. The molecule has 1 heteroatoms. The van der Waals surface area contributed by atoms with Gasteiger partial charge in [0.2, 0.25) is 0 Å². The molecule has 0 spiro atoms. The highest BCUT2D eigenvalue weighted by Crippen LogP contribution is 2.08. The van der Waals surface area contributed by atoms with E-state index in [1.54, 1.807) is 0 Å². The Hall–Kier alpha value is -1.20. The van der Waals surface area contributed by atoms with E-state index in [4.69, 9.17) is 0 Å². The minimum atomic E-state index is 1.21. The largest absolute Gasteiger partial charge is 0.316 e. The van der Waals surface area contributed by atoms with Crippen molar-refractivity contribution in [1.82, 2.24) is 4.57 Å². The van der Waals surface area contributed by atoms with Gasteiger partial charge in [-0.25, -0.2) is 0 Å². The van der Waals surface area contributed by atoms with Crippen LogP contribution in [0.15, 0.2) is 24.1 Å². The molecular weight excluding hydrogens is 98.1 g/mol. The third-order valence-corrected chi connectivity index (χ3v) is 1.26. The molecule has 1 nitrogen and oxygen atoms in total. The molecule has 1 aliphatic heterocycles. The van der Waals surface area contributed by atoms with Gasteiger partial charge in [-0.05, 0) is 12.1 Å². The van der Waals surface area contributed by atoms with Gasteiger partial charge in [-0.15, -0.1) is 5.73 Å². The van der Waals surface area contributed by atoms with E-state index in [0.717, 1.165) is 0 Å². The SMILES string of the molecule is C1=Cc2cccn2C=1. The van der Waals surface area contributed by atoms with Crippen LogP contribution < -0.4 is 0 Å². The number of rotatable bonds is 0. The minimum absolute atomic E-state index is 1.21. The lowest BCUT2D eigenvalue weighted by Crippen LogP contribution is -1.78. The maximum atomic E-state index is 2.98. The van der Waals surface area contributed by atoms with Crippen LogP contribution in [0.4, 0.5) is 0 Å². The van der Waals surface area contributed by atoms with Crippen molar-refractivity contribution in [1.29, 1.82) is 0 Å². The number of nitrogens with zero attached hydrogens (tertiary/aromatic N) is 1. The van der Waals surface area contributed by atoms with Crippen molar-refractivity contribution in [3.8, 4) is 0 Å². The third kappa shape index (κ3) is 0.316. The average molecular weight is 103 g/mol. The topological polar surface area (TPSA) is 4.93 Å². The quantitative estimate of drug-likeness (QED) is 0.446. The van der Waals surface area contributed by atoms with Gasteiger partial charge in [0.25, 0.3) is 0 Å². The highest BCUT2D eigenvalue weighted by molar-refractivity contribution is 5.57. The minimum Gasteiger partial charge on any atom is -0.316 e. The van der Waals surface area contributed by atoms with Crippen molar-refractivity contribution in [2.75, 3.05) is 0 Å². The van der Waals surface area contributed by atoms with Gasteiger partial charge in [0, 0.05) is 12.3 Å². The van der Waals surface area contributed by atoms with Gasteiger partial charge in [-0.1, -0.05) is 0 Å². The molecule has 1 aromatic rings. The van der Waals surface area contributed by atoms with Crippen LogP contribution >= 0.6 is 0 Å². The number of fused-ring (bicyclic) bond motifs is 1. The zero-order valence-electron chi connectivity index (χ0n) is 4.33. The van der Waals surface area contributed by atoms with E-state index in [1.165, 1.54) is 5.69 Å². The molecule has 0 aromatic carbocycles. The Balaban J connectivity index is 2.78. The first-order valence-corrected chi connectivity index (χ1v) is 2.56. The summed E-state index contributed by atoms with van der Waals surface area (Å²) in [4.78, 5) is 0. The Bertz CT molecular complexity index is 239. The molecule has 0 saturated carbocycles. The lowest BCUT2D eigenvalue weighted by atomic mass is 10.4. The highest BCUT2D eigenvalue weighted by Gasteiger charge is 1.94. The van der Waals surface area contributed by atoms with Crippen LogP contribution in [0, 0.1) is 0 Å². The first kappa shape index (κ1) is 3.76. The van der Waals surface area contributed by atoms with Gasteiger partial charge in [0.05, 0.1) is 11.9 Å². The van der Waals surface area contributed by atoms with Crippen LogP contribution in [0.25, 0.3) is 12.3 Å². The van der Waals surface area contributed by atoms with E-state index in [1.807, 2.05) is 29.1 Å². The summed E-state index contributed by atoms with van der Waals surface area (Å²) < 4.78 is 2.03. The lowest BCUT2D eigenvalue weighted by Gasteiger charge is -1.86. The van der Waals surface area contributed by atoms with E-state index in [0.29, 0.717) is 0 Å². The van der Waals surface area contributed by atoms with Crippen LogP contribution in [0.1, 0.15) is 5.69 Å². The highest BCUT2D eigenvalue weighted by atomic mass is 14.9. The van der Waals surface area contributed by atoms with Crippen molar-refractivity contribution < 1.29 is 0 Å². The van der Waals surface area contributed by atoms with E-state index < -0.39 is 0 Å². The summed E-state index contributed by atoms with van der Waals surface area (Å²) in [5.41, 5.74) is 4.19. The summed E-state index contributed by atoms with van der Waals surface area (Å²) in [5, 5.41) is 0. The van der Waals surface area contributed by atoms with Gasteiger partial charge >= 0.3 is 0 Å². The fourth-order valence-electron chi connectivity index (χ4n) is 0.850. The Morgan fingerprint density at radius 3 is 3.38 bits per heavy atom. The zero-order valence-corrected chi connectivity index (χ0v) is 4.33. The summed E-state index contributed by atoms with van der Waals surface area (Å²) in [5.74, 6) is 0. The molecule has 1 aliphatic rings. The first-order chi connectivity index (χ1) is 3.97. The number of hydrogen-bond donors (Lipinski definition) is 0. The molecular formula is C7H5N. The van der Waals surface area contributed by atoms with Crippen LogP contribution in [0.2, 0.25) is 0 Å². The normalized spacial score (nSPS) is 12.5. The first-order valence-electron chi connectivity index (χ1n) is 2.56. The maximum absolute atomic E-state index is 2.98. The number of hydrogen-bond acceptors (Lipinski definition) is 0. The predicted molar refractivity (Wildman–Crippen MR) is 33.2 cm³/mol. The molecule has 38 valence electrons. The summed E-state index contributed by atoms with van der Waals surface area (Å²) in [6, 6.07) is 4.07. The van der Waals surface area contributed by atoms with Crippen molar-refractivity contribution >= 4 is 12.3 Å². The fourth-order valence-corrected chi connectivity index (χ4v) is 0.850. The molecule has 8 heavy (non-hydrogen) atoms. The molecule has 0 bridgehead atoms. The number of aromatic nitrogens is 1. The molecule has 0 saturated heterocycles. The van der Waals surface area contributed by atoms with E-state index in [2.05, 4.69) is 11.8 Å². The average Bonchev–Trinajstić information content (AvgIpc) is 2.15. The molecule has 0 fully saturated rings. The Kier molecular flexibility index (Phi) is 0.538. The smallest absolute Gasteiger partial charge is 0.0533 e. The van der Waals surface area contributed by atoms with Gasteiger partial charge in [0.1, 0.15) is 0 Å². The third-order valence-electron chi connectivity index (χ3n) is 1.26. The molecule has 0 aliphatic carbocycles. The lowest BCUT2D eigenvalue weighted by molar-refractivity contribution is 1.17.